The number of hydrogen-bond acceptors (Lipinski definition) is 5. The Morgan fingerprint density at radius 1 is 1.19 bits per heavy atom. The minimum Gasteiger partial charge on any atom is -0.318 e. The zero-order chi connectivity index (χ0) is 19.4. The molecule has 0 spiro atoms. The number of amides is 1. The Bertz CT molecular complexity index is 1130. The summed E-state index contributed by atoms with van der Waals surface area (Å²) in [6.45, 7) is -0.0369. The fourth-order valence-corrected chi connectivity index (χ4v) is 4.49. The molecule has 0 atom stereocenters. The maximum Gasteiger partial charge on any atom is 0.241 e. The fraction of sp³-hybridized carbons (Fsp3) is 0.176. The molecule has 10 heteroatoms. The van der Waals surface area contributed by atoms with Gasteiger partial charge in [-0.05, 0) is 36.4 Å². The number of carbonyl (C=O) groups excluding carboxylic acids is 1. The molecule has 0 bridgehead atoms. The van der Waals surface area contributed by atoms with Gasteiger partial charge in [0.15, 0.2) is 0 Å². The normalized spacial score (nSPS) is 12.4. The van der Waals surface area contributed by atoms with E-state index in [1.807, 2.05) is 35.9 Å². The van der Waals surface area contributed by atoms with Crippen molar-refractivity contribution in [3.63, 3.8) is 0 Å². The summed E-state index contributed by atoms with van der Waals surface area (Å²) in [7, 11) is -1.82. The Morgan fingerprint density at radius 2 is 1.89 bits per heavy atom. The first-order valence-corrected chi connectivity index (χ1v) is 10.7. The van der Waals surface area contributed by atoms with E-state index in [0.717, 1.165) is 10.2 Å². The second-order valence-electron chi connectivity index (χ2n) is 5.66. The van der Waals surface area contributed by atoms with Gasteiger partial charge in [-0.1, -0.05) is 35.1 Å². The number of nitrogens with zero attached hydrogens (tertiary/aromatic N) is 2. The summed E-state index contributed by atoms with van der Waals surface area (Å²) in [6.07, 6.45) is -0.0368. The summed E-state index contributed by atoms with van der Waals surface area (Å²) in [4.78, 5) is 12.7. The molecule has 27 heavy (non-hydrogen) atoms. The first-order valence-electron chi connectivity index (χ1n) is 7.99. The highest BCUT2D eigenvalue weighted by molar-refractivity contribution is 7.89. The van der Waals surface area contributed by atoms with Crippen molar-refractivity contribution in [3.8, 4) is 0 Å². The third-order valence-electron chi connectivity index (χ3n) is 3.76. The molecule has 0 fully saturated rings. The van der Waals surface area contributed by atoms with Crippen molar-refractivity contribution in [2.45, 2.75) is 11.3 Å². The molecular formula is C17H17ClN4O3S2. The molecule has 0 aliphatic heterocycles. The summed E-state index contributed by atoms with van der Waals surface area (Å²) in [5.74, 6) is -0.383. The average molecular weight is 425 g/mol. The molecule has 7 nitrogen and oxygen atoms in total. The van der Waals surface area contributed by atoms with Crippen LogP contribution in [0.25, 0.3) is 10.2 Å². The fourth-order valence-electron chi connectivity index (χ4n) is 2.35. The molecule has 1 heterocycles. The highest BCUT2D eigenvalue weighted by Crippen LogP contribution is 2.15. The van der Waals surface area contributed by atoms with Crippen LogP contribution in [0.3, 0.4) is 0 Å². The highest BCUT2D eigenvalue weighted by Gasteiger charge is 2.14. The van der Waals surface area contributed by atoms with E-state index >= 15 is 0 Å². The van der Waals surface area contributed by atoms with E-state index in [1.165, 1.54) is 35.6 Å². The highest BCUT2D eigenvalue weighted by atomic mass is 35.5. The lowest BCUT2D eigenvalue weighted by molar-refractivity contribution is -0.121. The number of para-hydroxylation sites is 1. The molecule has 0 saturated carbocycles. The predicted molar refractivity (Wildman–Crippen MR) is 106 cm³/mol. The maximum absolute atomic E-state index is 12.1. The Hall–Kier alpha value is -2.20. The van der Waals surface area contributed by atoms with E-state index in [0.29, 0.717) is 9.82 Å². The minimum absolute atomic E-state index is 0.0368. The van der Waals surface area contributed by atoms with Crippen molar-refractivity contribution in [3.05, 3.63) is 58.4 Å². The Labute approximate surface area is 165 Å². The number of aryl methyl sites for hydroxylation is 1. The number of fused-ring (bicyclic) bond motifs is 1. The van der Waals surface area contributed by atoms with E-state index in [-0.39, 0.29) is 23.8 Å². The van der Waals surface area contributed by atoms with Crippen LogP contribution in [-0.4, -0.2) is 25.4 Å². The summed E-state index contributed by atoms with van der Waals surface area (Å²) in [6, 6.07) is 13.6. The van der Waals surface area contributed by atoms with Crippen molar-refractivity contribution >= 4 is 49.1 Å². The number of sulfonamides is 1. The second-order valence-corrected chi connectivity index (χ2v) is 8.87. The average Bonchev–Trinajstić information content (AvgIpc) is 2.96. The second kappa shape index (κ2) is 8.22. The van der Waals surface area contributed by atoms with Gasteiger partial charge in [0.2, 0.25) is 20.7 Å². The van der Waals surface area contributed by atoms with E-state index in [2.05, 4.69) is 15.2 Å². The third-order valence-corrected chi connectivity index (χ3v) is 6.60. The largest absolute Gasteiger partial charge is 0.318 e. The summed E-state index contributed by atoms with van der Waals surface area (Å²) >= 11 is 7.20. The molecule has 3 rings (SSSR count). The van der Waals surface area contributed by atoms with Crippen LogP contribution in [0.4, 0.5) is 0 Å². The molecule has 0 aliphatic rings. The van der Waals surface area contributed by atoms with Crippen molar-refractivity contribution < 1.29 is 13.2 Å². The number of thiazole rings is 1. The van der Waals surface area contributed by atoms with E-state index < -0.39 is 10.0 Å². The molecule has 142 valence electrons. The Morgan fingerprint density at radius 3 is 2.59 bits per heavy atom. The van der Waals surface area contributed by atoms with Crippen LogP contribution in [0.1, 0.15) is 6.42 Å². The number of benzene rings is 2. The van der Waals surface area contributed by atoms with Gasteiger partial charge in [-0.15, -0.1) is 5.10 Å². The monoisotopic (exact) mass is 424 g/mol. The van der Waals surface area contributed by atoms with Gasteiger partial charge in [-0.25, -0.2) is 18.6 Å². The van der Waals surface area contributed by atoms with Gasteiger partial charge in [-0.3, -0.25) is 4.79 Å². The molecule has 0 unspecified atom stereocenters. The summed E-state index contributed by atoms with van der Waals surface area (Å²) in [5.41, 5.74) is 3.48. The van der Waals surface area contributed by atoms with E-state index in [9.17, 15) is 13.2 Å². The van der Waals surface area contributed by atoms with Gasteiger partial charge >= 0.3 is 0 Å². The van der Waals surface area contributed by atoms with Crippen LogP contribution >= 0.6 is 22.9 Å². The van der Waals surface area contributed by atoms with Crippen LogP contribution in [0.2, 0.25) is 5.02 Å². The summed E-state index contributed by atoms with van der Waals surface area (Å²) in [5, 5.41) is 4.56. The van der Waals surface area contributed by atoms with Crippen LogP contribution in [0, 0.1) is 0 Å². The molecule has 2 aromatic carbocycles. The van der Waals surface area contributed by atoms with E-state index in [4.69, 9.17) is 11.6 Å². The number of carbonyl (C=O) groups is 1. The predicted octanol–water partition coefficient (Wildman–Crippen LogP) is 2.19. The van der Waals surface area contributed by atoms with Crippen molar-refractivity contribution in [1.29, 1.82) is 0 Å². The van der Waals surface area contributed by atoms with E-state index in [1.54, 1.807) is 0 Å². The van der Waals surface area contributed by atoms with Gasteiger partial charge in [0.25, 0.3) is 0 Å². The quantitative estimate of drug-likeness (QED) is 0.594. The minimum atomic E-state index is -3.69. The van der Waals surface area contributed by atoms with Crippen LogP contribution < -0.4 is 14.9 Å². The number of aromatic nitrogens is 1. The number of nitrogens with one attached hydrogen (secondary N) is 2. The molecule has 1 aromatic heterocycles. The SMILES string of the molecule is Cn1/c(=N/NC(=O)CCNS(=O)(=O)c2ccc(Cl)cc2)sc2ccccc21. The zero-order valence-electron chi connectivity index (χ0n) is 14.3. The topological polar surface area (TPSA) is 92.6 Å². The standard InChI is InChI=1S/C17H17ClN4O3S2/c1-22-14-4-2-3-5-15(14)26-17(22)21-20-16(23)10-11-19-27(24,25)13-8-6-12(18)7-9-13/h2-9,19H,10-11H2,1H3,(H,20,23)/b21-17-. The lowest BCUT2D eigenvalue weighted by Gasteiger charge is -2.06. The van der Waals surface area contributed by atoms with Crippen LogP contribution in [0.15, 0.2) is 58.5 Å². The maximum atomic E-state index is 12.1. The van der Waals surface area contributed by atoms with Gasteiger partial charge in [0.1, 0.15) is 0 Å². The Balaban J connectivity index is 1.58. The van der Waals surface area contributed by atoms with Crippen molar-refractivity contribution in [2.24, 2.45) is 12.1 Å². The van der Waals surface area contributed by atoms with Crippen LogP contribution in [-0.2, 0) is 21.9 Å². The lowest BCUT2D eigenvalue weighted by atomic mass is 10.3. The van der Waals surface area contributed by atoms with Gasteiger partial charge in [0.05, 0.1) is 15.1 Å². The number of rotatable bonds is 6. The number of hydrogen-bond donors (Lipinski definition) is 2. The van der Waals surface area contributed by atoms with Crippen LogP contribution in [0.5, 0.6) is 0 Å². The van der Waals surface area contributed by atoms with Crippen molar-refractivity contribution in [2.75, 3.05) is 6.54 Å². The van der Waals surface area contributed by atoms with Gasteiger partial charge in [0, 0.05) is 25.0 Å². The molecule has 0 radical (unpaired) electrons. The molecular weight excluding hydrogens is 408 g/mol. The Kier molecular flexibility index (Phi) is 5.95. The van der Waals surface area contributed by atoms with Gasteiger partial charge < -0.3 is 4.57 Å². The smallest absolute Gasteiger partial charge is 0.241 e. The third kappa shape index (κ3) is 4.75. The first kappa shape index (κ1) is 19.6. The molecule has 1 amide bonds. The molecule has 0 saturated heterocycles. The summed E-state index contributed by atoms with van der Waals surface area (Å²) < 4.78 is 29.6. The molecule has 3 aromatic rings. The van der Waals surface area contributed by atoms with Gasteiger partial charge in [-0.2, -0.15) is 0 Å². The zero-order valence-corrected chi connectivity index (χ0v) is 16.7. The molecule has 0 aliphatic carbocycles. The lowest BCUT2D eigenvalue weighted by Crippen LogP contribution is -2.30. The van der Waals surface area contributed by atoms with Crippen molar-refractivity contribution in [1.82, 2.24) is 14.7 Å². The molecule has 2 N–H and O–H groups in total. The number of halogens is 1. The first-order chi connectivity index (χ1) is 12.9.